The molecule has 25 heteroatoms. The van der Waals surface area contributed by atoms with Gasteiger partial charge in [0.15, 0.2) is 0 Å². The van der Waals surface area contributed by atoms with Crippen LogP contribution in [0.2, 0.25) is 0 Å². The van der Waals surface area contributed by atoms with Gasteiger partial charge < -0.3 is 29.9 Å². The van der Waals surface area contributed by atoms with Crippen LogP contribution >= 0.6 is 123 Å². The number of hydrogen-bond acceptors (Lipinski definition) is 6. The zero-order valence-corrected chi connectivity index (χ0v) is 40.3. The van der Waals surface area contributed by atoms with Crippen molar-refractivity contribution in [1.29, 1.82) is 0 Å². The van der Waals surface area contributed by atoms with Crippen molar-refractivity contribution < 1.29 is 17.1 Å². The van der Waals surface area contributed by atoms with E-state index in [-0.39, 0.29) is 39.3 Å². The first-order valence-electron chi connectivity index (χ1n) is 13.8. The Morgan fingerprint density at radius 3 is 0.740 bits per heavy atom. The summed E-state index contributed by atoms with van der Waals surface area (Å²) in [6.07, 6.45) is 0. The summed E-state index contributed by atoms with van der Waals surface area (Å²) >= 11 is 0. The molecule has 0 saturated heterocycles. The Kier molecular flexibility index (Phi) is 22.0. The van der Waals surface area contributed by atoms with E-state index in [1.807, 2.05) is 41.5 Å². The van der Waals surface area contributed by atoms with Crippen LogP contribution in [0.1, 0.15) is 63.8 Å². The summed E-state index contributed by atoms with van der Waals surface area (Å²) < 4.78 is 0. The molecule has 261 valence electrons. The van der Waals surface area contributed by atoms with Crippen molar-refractivity contribution in [1.82, 2.24) is 39.9 Å². The maximum Gasteiger partial charge on any atom is 2.00 e. The Morgan fingerprint density at radius 2 is 0.520 bits per heavy atom. The van der Waals surface area contributed by atoms with Gasteiger partial charge in [0, 0.05) is 64.2 Å². The largest absolute Gasteiger partial charge is 2.00 e. The maximum absolute atomic E-state index is 5.12. The molecule has 0 saturated carbocycles. The second-order valence-electron chi connectivity index (χ2n) is 7.79. The fourth-order valence-electron chi connectivity index (χ4n) is 3.95. The predicted molar refractivity (Wildman–Crippen MR) is 248 cm³/mol. The molecule has 0 spiro atoms. The van der Waals surface area contributed by atoms with Crippen LogP contribution < -0.4 is 9.97 Å². The van der Waals surface area contributed by atoms with Crippen LogP contribution in [0.25, 0.3) is 87.5 Å². The van der Waals surface area contributed by atoms with Gasteiger partial charge in [-0.05, 0) is 123 Å². The van der Waals surface area contributed by atoms with E-state index in [0.717, 1.165) is 45.9 Å². The van der Waals surface area contributed by atoms with E-state index in [4.69, 9.17) is 39.9 Å². The summed E-state index contributed by atoms with van der Waals surface area (Å²) in [5.74, 6) is 2.98. The zero-order chi connectivity index (χ0) is 32.2. The average molecular weight is 1000 g/mol. The molecule has 9 heterocycles. The normalized spacial score (nSPS) is 12.5. The predicted octanol–water partition coefficient (Wildman–Crippen LogP) is 20.4. The van der Waals surface area contributed by atoms with E-state index in [9.17, 15) is 0 Å². The molecule has 0 aliphatic carbocycles. The van der Waals surface area contributed by atoms with Crippen LogP contribution in [0.3, 0.4) is 0 Å². The average Bonchev–Trinajstić information content (AvgIpc) is 3.87. The molecular formula is C25H30CuN8P16. The Labute approximate surface area is 329 Å². The van der Waals surface area contributed by atoms with Crippen LogP contribution in [0.4, 0.5) is 0 Å². The third-order valence-corrected chi connectivity index (χ3v) is 38.2. The molecule has 0 amide bonds. The summed E-state index contributed by atoms with van der Waals surface area (Å²) in [4.78, 5) is 40.6. The van der Waals surface area contributed by atoms with E-state index < -0.39 is 0 Å². The van der Waals surface area contributed by atoms with Gasteiger partial charge in [-0.25, -0.2) is 9.97 Å². The molecule has 9 rings (SSSR count). The number of hydrogen-bond donors (Lipinski definition) is 0. The van der Waals surface area contributed by atoms with Crippen LogP contribution in [0.5, 0.6) is 0 Å². The molecule has 7 aromatic rings. The molecule has 0 N–H and O–H groups in total. The van der Waals surface area contributed by atoms with Crippen LogP contribution in [-0.2, 0) is 17.1 Å². The second kappa shape index (κ2) is 23.0. The minimum atomic E-state index is 0. The summed E-state index contributed by atoms with van der Waals surface area (Å²) in [6.45, 7) is 12.0. The van der Waals surface area contributed by atoms with Crippen LogP contribution in [0.15, 0.2) is 0 Å². The molecule has 0 fully saturated rings. The van der Waals surface area contributed by atoms with Gasteiger partial charge in [-0.3, -0.25) is 0 Å². The molecule has 1 radical (unpaired) electrons. The second-order valence-corrected chi connectivity index (χ2v) is 36.4. The smallest absolute Gasteiger partial charge is 0.356 e. The maximum atomic E-state index is 5.12. The van der Waals surface area contributed by atoms with Gasteiger partial charge >= 0.3 is 17.1 Å². The van der Waals surface area contributed by atoms with Crippen molar-refractivity contribution in [2.24, 2.45) is 0 Å². The first-order chi connectivity index (χ1) is 22.8. The standard InChI is InChI=1S/C16N8P16.3C2H6.3CH4.Cu/c17-9-1-2(26-34-33-25-1)10(17)22-12-5-6(30-38-37-29-5)14(19-12)24-16-8-7(31-39-40-32-8)15(20-16)23-13-4-3(11(18-13)21-9)27-35-36-28-4;3*1-2;;;;/h;3*1-2H3;3*1H4;/q-2;;;;;;;+2. The van der Waals surface area contributed by atoms with Gasteiger partial charge in [-0.1, -0.05) is 63.8 Å². The summed E-state index contributed by atoms with van der Waals surface area (Å²) in [7, 11) is 20.5. The van der Waals surface area contributed by atoms with Gasteiger partial charge in [-0.2, -0.15) is 0 Å². The van der Waals surface area contributed by atoms with Gasteiger partial charge in [-0.15, -0.1) is 0 Å². The van der Waals surface area contributed by atoms with Crippen molar-refractivity contribution in [3.63, 3.8) is 0 Å². The SMILES string of the molecule is C.C.C.CC.CC.CC.[Cu+2].n1c2nc3[n-]c(nc4nc(nc5[n-]c(nc1-c1ppppc1-2)c1ppppc51)-c1ppppc1-4)c1ppppc31. The van der Waals surface area contributed by atoms with Crippen molar-refractivity contribution >= 4 is 166 Å². The van der Waals surface area contributed by atoms with E-state index in [0.29, 0.717) is 0 Å². The quantitative estimate of drug-likeness (QED) is 0.138. The monoisotopic (exact) mass is 1000 g/mol. The van der Waals surface area contributed by atoms with E-state index in [1.165, 1.54) is 165 Å². The van der Waals surface area contributed by atoms with Gasteiger partial charge in [0.2, 0.25) is 0 Å². The topological polar surface area (TPSA) is 106 Å². The molecule has 0 atom stereocenters. The fourth-order valence-corrected chi connectivity index (χ4v) is 36.8. The summed E-state index contributed by atoms with van der Waals surface area (Å²) in [5.41, 5.74) is 2.98. The molecule has 0 unspecified atom stereocenters. The minimum absolute atomic E-state index is 0. The number of rotatable bonds is 0. The Bertz CT molecular complexity index is 2080. The van der Waals surface area contributed by atoms with Gasteiger partial charge in [0.1, 0.15) is 0 Å². The number of aromatic nitrogens is 8. The fraction of sp³-hybridized carbons (Fsp3) is 0.360. The summed E-state index contributed by atoms with van der Waals surface area (Å²) in [5, 5.41) is 9.38. The minimum Gasteiger partial charge on any atom is -0.356 e. The van der Waals surface area contributed by atoms with Crippen molar-refractivity contribution in [3.8, 4) is 44.5 Å². The Balaban J connectivity index is 0.000000827. The third-order valence-electron chi connectivity index (χ3n) is 5.60. The molecule has 0 aromatic carbocycles. The molecule has 2 aliphatic rings. The van der Waals surface area contributed by atoms with Crippen molar-refractivity contribution in [2.45, 2.75) is 63.8 Å². The van der Waals surface area contributed by atoms with E-state index in [2.05, 4.69) is 0 Å². The van der Waals surface area contributed by atoms with Crippen molar-refractivity contribution in [3.05, 3.63) is 0 Å². The van der Waals surface area contributed by atoms with Gasteiger partial charge in [0.25, 0.3) is 0 Å². The van der Waals surface area contributed by atoms with Crippen molar-refractivity contribution in [2.75, 3.05) is 0 Å². The number of fused-ring (bicyclic) bond motifs is 20. The Hall–Kier alpha value is 1.64. The first kappa shape index (κ1) is 47.8. The molecule has 7 aromatic heterocycles. The zero-order valence-electron chi connectivity index (χ0n) is 25.0. The molecule has 2 aliphatic heterocycles. The molecular weight excluding hydrogens is 971 g/mol. The summed E-state index contributed by atoms with van der Waals surface area (Å²) in [6, 6.07) is 0. The molecule has 50 heavy (non-hydrogen) atoms. The van der Waals surface area contributed by atoms with Crippen LogP contribution in [-0.4, -0.2) is 29.9 Å². The molecule has 8 nitrogen and oxygen atoms in total. The number of nitrogens with zero attached hydrogens (tertiary/aromatic N) is 8. The van der Waals surface area contributed by atoms with Gasteiger partial charge in [0.05, 0.1) is 23.3 Å². The molecule has 8 bridgehead atoms. The van der Waals surface area contributed by atoms with E-state index in [1.54, 1.807) is 0 Å². The first-order valence-corrected chi connectivity index (χ1v) is 36.5. The third kappa shape index (κ3) is 9.77. The Morgan fingerprint density at radius 1 is 0.320 bits per heavy atom. The van der Waals surface area contributed by atoms with E-state index >= 15 is 0 Å². The van der Waals surface area contributed by atoms with Crippen LogP contribution in [0, 0.1) is 0 Å².